The van der Waals surface area contributed by atoms with Gasteiger partial charge in [0.25, 0.3) is 0 Å². The molecule has 0 radical (unpaired) electrons. The monoisotopic (exact) mass is 418 g/mol. The van der Waals surface area contributed by atoms with Crippen LogP contribution in [0.15, 0.2) is 35.3 Å². The second-order valence-corrected chi connectivity index (χ2v) is 5.61. The van der Waals surface area contributed by atoms with Crippen LogP contribution in [-0.2, 0) is 0 Å². The van der Waals surface area contributed by atoms with Crippen molar-refractivity contribution in [3.8, 4) is 0 Å². The van der Waals surface area contributed by atoms with Crippen LogP contribution in [0.4, 0.5) is 0 Å². The molecule has 1 atom stereocenters. The molecule has 0 saturated carbocycles. The van der Waals surface area contributed by atoms with Crippen LogP contribution in [0.3, 0.4) is 0 Å². The van der Waals surface area contributed by atoms with E-state index in [4.69, 9.17) is 0 Å². The summed E-state index contributed by atoms with van der Waals surface area (Å²) in [6, 6.07) is 10.5. The quantitative estimate of drug-likeness (QED) is 0.295. The standard InChI is InChI=1S/C17H30N4.HI/c1-5-18-17(19-12-9-13-21(3)4)20-14-15(2)16-10-7-6-8-11-16;/h6-8,10-11,15H,5,9,12-14H2,1-4H3,(H2,18,19,20);1H. The number of hydrogen-bond donors (Lipinski definition) is 2. The zero-order valence-electron chi connectivity index (χ0n) is 14.3. The van der Waals surface area contributed by atoms with Crippen molar-refractivity contribution in [2.45, 2.75) is 26.2 Å². The van der Waals surface area contributed by atoms with Crippen molar-refractivity contribution in [2.75, 3.05) is 40.3 Å². The normalized spacial score (nSPS) is 12.7. The highest BCUT2D eigenvalue weighted by atomic mass is 127. The lowest BCUT2D eigenvalue weighted by Crippen LogP contribution is -2.38. The molecule has 0 aliphatic carbocycles. The van der Waals surface area contributed by atoms with Crippen LogP contribution in [0.25, 0.3) is 0 Å². The second kappa shape index (κ2) is 12.7. The predicted octanol–water partition coefficient (Wildman–Crippen LogP) is 2.91. The van der Waals surface area contributed by atoms with Crippen LogP contribution in [0, 0.1) is 0 Å². The Balaban J connectivity index is 0.00000441. The summed E-state index contributed by atoms with van der Waals surface area (Å²) >= 11 is 0. The molecule has 0 aliphatic rings. The van der Waals surface area contributed by atoms with Crippen LogP contribution in [0.1, 0.15) is 31.7 Å². The summed E-state index contributed by atoms with van der Waals surface area (Å²) in [5, 5.41) is 6.70. The molecule has 5 heteroatoms. The summed E-state index contributed by atoms with van der Waals surface area (Å²) < 4.78 is 0. The molecule has 0 bridgehead atoms. The molecule has 4 nitrogen and oxygen atoms in total. The van der Waals surface area contributed by atoms with E-state index < -0.39 is 0 Å². The van der Waals surface area contributed by atoms with E-state index >= 15 is 0 Å². The lowest BCUT2D eigenvalue weighted by atomic mass is 10.0. The highest BCUT2D eigenvalue weighted by molar-refractivity contribution is 14.0. The van der Waals surface area contributed by atoms with Crippen molar-refractivity contribution in [3.63, 3.8) is 0 Å². The van der Waals surface area contributed by atoms with E-state index in [1.165, 1.54) is 5.56 Å². The van der Waals surface area contributed by atoms with E-state index in [1.54, 1.807) is 0 Å². The molecule has 0 aromatic heterocycles. The smallest absolute Gasteiger partial charge is 0.191 e. The first-order valence-corrected chi connectivity index (χ1v) is 7.85. The molecule has 0 amide bonds. The SMILES string of the molecule is CCNC(=NCC(C)c1ccccc1)NCCCN(C)C.I. The van der Waals surface area contributed by atoms with Gasteiger partial charge in [-0.25, -0.2) is 0 Å². The number of aliphatic imine (C=N–C) groups is 1. The largest absolute Gasteiger partial charge is 0.357 e. The van der Waals surface area contributed by atoms with Crippen molar-refractivity contribution in [1.29, 1.82) is 0 Å². The number of nitrogens with one attached hydrogen (secondary N) is 2. The Morgan fingerprint density at radius 2 is 1.86 bits per heavy atom. The maximum atomic E-state index is 4.69. The second-order valence-electron chi connectivity index (χ2n) is 5.61. The first-order chi connectivity index (χ1) is 10.1. The molecular formula is C17H31IN4. The van der Waals surface area contributed by atoms with Gasteiger partial charge >= 0.3 is 0 Å². The number of hydrogen-bond acceptors (Lipinski definition) is 2. The van der Waals surface area contributed by atoms with E-state index in [1.807, 2.05) is 0 Å². The highest BCUT2D eigenvalue weighted by Crippen LogP contribution is 2.14. The third kappa shape index (κ3) is 9.25. The topological polar surface area (TPSA) is 39.7 Å². The number of rotatable bonds is 8. The molecule has 0 aliphatic heterocycles. The van der Waals surface area contributed by atoms with Crippen molar-refractivity contribution < 1.29 is 0 Å². The lowest BCUT2D eigenvalue weighted by Gasteiger charge is -2.15. The van der Waals surface area contributed by atoms with E-state index in [2.05, 4.69) is 78.8 Å². The Labute approximate surface area is 152 Å². The molecule has 1 aromatic carbocycles. The van der Waals surface area contributed by atoms with E-state index in [0.717, 1.165) is 38.6 Å². The Hall–Kier alpha value is -0.820. The van der Waals surface area contributed by atoms with E-state index in [0.29, 0.717) is 5.92 Å². The number of guanidine groups is 1. The third-order valence-electron chi connectivity index (χ3n) is 3.31. The summed E-state index contributed by atoms with van der Waals surface area (Å²) in [6.45, 7) is 8.04. The summed E-state index contributed by atoms with van der Waals surface area (Å²) in [7, 11) is 4.20. The number of nitrogens with zero attached hydrogens (tertiary/aromatic N) is 2. The Morgan fingerprint density at radius 3 is 2.45 bits per heavy atom. The summed E-state index contributed by atoms with van der Waals surface area (Å²) in [4.78, 5) is 6.88. The maximum Gasteiger partial charge on any atom is 0.191 e. The minimum atomic E-state index is 0. The van der Waals surface area contributed by atoms with Gasteiger partial charge in [-0.3, -0.25) is 4.99 Å². The van der Waals surface area contributed by atoms with E-state index in [9.17, 15) is 0 Å². The van der Waals surface area contributed by atoms with Crippen LogP contribution >= 0.6 is 24.0 Å². The van der Waals surface area contributed by atoms with Crippen LogP contribution in [0.5, 0.6) is 0 Å². The maximum absolute atomic E-state index is 4.69. The van der Waals surface area contributed by atoms with Gasteiger partial charge < -0.3 is 15.5 Å². The number of halogens is 1. The van der Waals surface area contributed by atoms with E-state index in [-0.39, 0.29) is 24.0 Å². The molecule has 0 fully saturated rings. The van der Waals surface area contributed by atoms with Gasteiger partial charge in [0.05, 0.1) is 0 Å². The fourth-order valence-corrected chi connectivity index (χ4v) is 2.06. The fraction of sp³-hybridized carbons (Fsp3) is 0.588. The van der Waals surface area contributed by atoms with Gasteiger partial charge in [-0.1, -0.05) is 37.3 Å². The average Bonchev–Trinajstić information content (AvgIpc) is 2.49. The number of benzene rings is 1. The van der Waals surface area contributed by atoms with Gasteiger partial charge in [0.1, 0.15) is 0 Å². The summed E-state index contributed by atoms with van der Waals surface area (Å²) in [6.07, 6.45) is 1.12. The van der Waals surface area contributed by atoms with Gasteiger partial charge in [-0.15, -0.1) is 24.0 Å². The predicted molar refractivity (Wildman–Crippen MR) is 107 cm³/mol. The van der Waals surface area contributed by atoms with Gasteiger partial charge in [0, 0.05) is 25.6 Å². The first-order valence-electron chi connectivity index (χ1n) is 7.85. The molecule has 1 aromatic rings. The minimum absolute atomic E-state index is 0. The van der Waals surface area contributed by atoms with Gasteiger partial charge in [0.2, 0.25) is 0 Å². The lowest BCUT2D eigenvalue weighted by molar-refractivity contribution is 0.399. The zero-order valence-corrected chi connectivity index (χ0v) is 16.6. The van der Waals surface area contributed by atoms with Crippen LogP contribution in [0.2, 0.25) is 0 Å². The zero-order chi connectivity index (χ0) is 15.5. The van der Waals surface area contributed by atoms with Crippen molar-refractivity contribution in [3.05, 3.63) is 35.9 Å². The van der Waals surface area contributed by atoms with Gasteiger partial charge in [-0.2, -0.15) is 0 Å². The summed E-state index contributed by atoms with van der Waals surface area (Å²) in [5.41, 5.74) is 1.34. The molecule has 1 unspecified atom stereocenters. The Morgan fingerprint density at radius 1 is 1.18 bits per heavy atom. The first kappa shape index (κ1) is 21.2. The van der Waals surface area contributed by atoms with Crippen molar-refractivity contribution >= 4 is 29.9 Å². The third-order valence-corrected chi connectivity index (χ3v) is 3.31. The van der Waals surface area contributed by atoms with Crippen molar-refractivity contribution in [2.24, 2.45) is 4.99 Å². The average molecular weight is 418 g/mol. The Bertz CT molecular complexity index is 406. The van der Waals surface area contributed by atoms with Crippen LogP contribution in [-0.4, -0.2) is 51.1 Å². The fourth-order valence-electron chi connectivity index (χ4n) is 2.06. The van der Waals surface area contributed by atoms with Crippen LogP contribution < -0.4 is 10.6 Å². The molecule has 126 valence electrons. The van der Waals surface area contributed by atoms with Gasteiger partial charge in [-0.05, 0) is 39.5 Å². The molecule has 22 heavy (non-hydrogen) atoms. The molecule has 1 rings (SSSR count). The Kier molecular flexibility index (Phi) is 12.2. The molecule has 0 saturated heterocycles. The van der Waals surface area contributed by atoms with Crippen molar-refractivity contribution in [1.82, 2.24) is 15.5 Å². The summed E-state index contributed by atoms with van der Waals surface area (Å²) in [5.74, 6) is 1.35. The molecule has 0 heterocycles. The minimum Gasteiger partial charge on any atom is -0.357 e. The molecule has 2 N–H and O–H groups in total. The molecule has 0 spiro atoms. The van der Waals surface area contributed by atoms with Gasteiger partial charge in [0.15, 0.2) is 5.96 Å². The highest BCUT2D eigenvalue weighted by Gasteiger charge is 2.04. The molecular weight excluding hydrogens is 387 g/mol.